The number of nitrogens with one attached hydrogen (secondary N) is 1. The van der Waals surface area contributed by atoms with Gasteiger partial charge in [0.1, 0.15) is 11.5 Å². The minimum atomic E-state index is 0.601. The first-order valence-corrected chi connectivity index (χ1v) is 9.41. The fourth-order valence-electron chi connectivity index (χ4n) is 2.82. The van der Waals surface area contributed by atoms with Gasteiger partial charge in [-0.15, -0.1) is 0 Å². The molecule has 0 saturated carbocycles. The Morgan fingerprint density at radius 2 is 1.89 bits per heavy atom. The van der Waals surface area contributed by atoms with Crippen LogP contribution in [0.1, 0.15) is 23.8 Å². The number of anilines is 1. The third-order valence-electron chi connectivity index (χ3n) is 4.09. The third kappa shape index (κ3) is 5.59. The monoisotopic (exact) mass is 380 g/mol. The molecule has 0 bridgehead atoms. The average Bonchev–Trinajstić information content (AvgIpc) is 3.16. The van der Waals surface area contributed by atoms with E-state index in [4.69, 9.17) is 21.4 Å². The molecule has 27 heavy (non-hydrogen) atoms. The van der Waals surface area contributed by atoms with Gasteiger partial charge < -0.3 is 19.4 Å². The Morgan fingerprint density at radius 1 is 1.07 bits per heavy atom. The molecule has 0 aliphatic heterocycles. The van der Waals surface area contributed by atoms with E-state index in [0.29, 0.717) is 24.8 Å². The van der Waals surface area contributed by atoms with Crippen LogP contribution in [0.3, 0.4) is 0 Å². The van der Waals surface area contributed by atoms with E-state index in [0.717, 1.165) is 17.2 Å². The number of hydrogen-bond acceptors (Lipinski definition) is 3. The smallest absolute Gasteiger partial charge is 0.174 e. The number of hydrogen-bond donors (Lipinski definition) is 1. The fraction of sp³-hybridized carbons (Fsp3) is 0.227. The van der Waals surface area contributed by atoms with Gasteiger partial charge in [-0.2, -0.15) is 0 Å². The zero-order chi connectivity index (χ0) is 19.1. The molecule has 0 atom stereocenters. The molecule has 0 amide bonds. The highest BCUT2D eigenvalue weighted by molar-refractivity contribution is 7.80. The number of furan rings is 1. The van der Waals surface area contributed by atoms with Crippen molar-refractivity contribution in [1.82, 2.24) is 4.90 Å². The van der Waals surface area contributed by atoms with Gasteiger partial charge in [-0.25, -0.2) is 0 Å². The Kier molecular flexibility index (Phi) is 6.49. The number of rotatable bonds is 7. The standard InChI is InChI=1S/C22H24N2O2S/c1-3-25-20-11-9-19(10-12-20)23-22(27)24(16-21-8-5-13-26-21)15-18-7-4-6-17(2)14-18/h4-14H,3,15-16H2,1-2H3,(H,23,27). The van der Waals surface area contributed by atoms with Gasteiger partial charge in [0, 0.05) is 12.2 Å². The van der Waals surface area contributed by atoms with Crippen LogP contribution in [0.15, 0.2) is 71.3 Å². The molecular formula is C22H24N2O2S. The van der Waals surface area contributed by atoms with Crippen molar-refractivity contribution in [2.24, 2.45) is 0 Å². The van der Waals surface area contributed by atoms with E-state index in [1.807, 2.05) is 43.3 Å². The molecule has 0 spiro atoms. The lowest BCUT2D eigenvalue weighted by Crippen LogP contribution is -2.33. The van der Waals surface area contributed by atoms with Gasteiger partial charge in [-0.3, -0.25) is 0 Å². The Balaban J connectivity index is 1.73. The predicted octanol–water partition coefficient (Wildman–Crippen LogP) is 5.39. The molecule has 0 radical (unpaired) electrons. The Labute approximate surface area is 165 Å². The van der Waals surface area contributed by atoms with Crippen molar-refractivity contribution in [2.75, 3.05) is 11.9 Å². The summed E-state index contributed by atoms with van der Waals surface area (Å²) >= 11 is 5.69. The normalized spacial score (nSPS) is 10.4. The Bertz CT molecular complexity index is 860. The van der Waals surface area contributed by atoms with Crippen molar-refractivity contribution in [3.05, 3.63) is 83.8 Å². The van der Waals surface area contributed by atoms with E-state index in [1.54, 1.807) is 6.26 Å². The highest BCUT2D eigenvalue weighted by Crippen LogP contribution is 2.18. The summed E-state index contributed by atoms with van der Waals surface area (Å²) in [5.41, 5.74) is 3.37. The lowest BCUT2D eigenvalue weighted by atomic mass is 10.1. The van der Waals surface area contributed by atoms with Crippen LogP contribution in [0.5, 0.6) is 5.75 Å². The van der Waals surface area contributed by atoms with Crippen molar-refractivity contribution in [2.45, 2.75) is 26.9 Å². The molecule has 1 heterocycles. The van der Waals surface area contributed by atoms with Gasteiger partial charge >= 0.3 is 0 Å². The first-order valence-electron chi connectivity index (χ1n) is 9.01. The highest BCUT2D eigenvalue weighted by Gasteiger charge is 2.13. The molecule has 2 aromatic carbocycles. The minimum absolute atomic E-state index is 0.601. The van der Waals surface area contributed by atoms with Gasteiger partial charge in [0.25, 0.3) is 0 Å². The summed E-state index contributed by atoms with van der Waals surface area (Å²) < 4.78 is 11.0. The summed E-state index contributed by atoms with van der Waals surface area (Å²) in [6.45, 7) is 6.02. The van der Waals surface area contributed by atoms with Crippen molar-refractivity contribution in [1.29, 1.82) is 0 Å². The van der Waals surface area contributed by atoms with Crippen LogP contribution in [0.4, 0.5) is 5.69 Å². The Hall–Kier alpha value is -2.79. The fourth-order valence-corrected chi connectivity index (χ4v) is 3.07. The molecular weight excluding hydrogens is 356 g/mol. The van der Waals surface area contributed by atoms with Crippen LogP contribution >= 0.6 is 12.2 Å². The maximum absolute atomic E-state index is 5.69. The van der Waals surface area contributed by atoms with Crippen molar-refractivity contribution < 1.29 is 9.15 Å². The maximum atomic E-state index is 5.69. The Morgan fingerprint density at radius 3 is 2.56 bits per heavy atom. The van der Waals surface area contributed by atoms with Crippen LogP contribution in [-0.2, 0) is 13.1 Å². The molecule has 0 aliphatic carbocycles. The number of ether oxygens (including phenoxy) is 1. The molecule has 0 saturated heterocycles. The average molecular weight is 381 g/mol. The van der Waals surface area contributed by atoms with Crippen molar-refractivity contribution in [3.8, 4) is 5.75 Å². The van der Waals surface area contributed by atoms with E-state index >= 15 is 0 Å². The van der Waals surface area contributed by atoms with Crippen LogP contribution in [0.2, 0.25) is 0 Å². The summed E-state index contributed by atoms with van der Waals surface area (Å²) in [5.74, 6) is 1.72. The van der Waals surface area contributed by atoms with Gasteiger partial charge in [-0.1, -0.05) is 29.8 Å². The summed E-state index contributed by atoms with van der Waals surface area (Å²) in [4.78, 5) is 2.10. The van der Waals surface area contributed by atoms with E-state index < -0.39 is 0 Å². The van der Waals surface area contributed by atoms with Crippen LogP contribution in [0.25, 0.3) is 0 Å². The van der Waals surface area contributed by atoms with E-state index in [-0.39, 0.29) is 0 Å². The molecule has 0 fully saturated rings. The quantitative estimate of drug-likeness (QED) is 0.557. The molecule has 3 aromatic rings. The lowest BCUT2D eigenvalue weighted by molar-refractivity contribution is 0.340. The van der Waals surface area contributed by atoms with E-state index in [1.165, 1.54) is 11.1 Å². The lowest BCUT2D eigenvalue weighted by Gasteiger charge is -2.25. The summed E-state index contributed by atoms with van der Waals surface area (Å²) in [6.07, 6.45) is 1.68. The maximum Gasteiger partial charge on any atom is 0.174 e. The summed E-state index contributed by atoms with van der Waals surface area (Å²) in [6, 6.07) is 20.1. The van der Waals surface area contributed by atoms with Crippen LogP contribution in [0, 0.1) is 6.92 Å². The van der Waals surface area contributed by atoms with E-state index in [2.05, 4.69) is 41.4 Å². The zero-order valence-electron chi connectivity index (χ0n) is 15.6. The molecule has 1 aromatic heterocycles. The molecule has 3 rings (SSSR count). The second-order valence-electron chi connectivity index (χ2n) is 6.31. The number of benzene rings is 2. The van der Waals surface area contributed by atoms with Gasteiger partial charge in [0.15, 0.2) is 5.11 Å². The number of thiocarbonyl (C=S) groups is 1. The van der Waals surface area contributed by atoms with Gasteiger partial charge in [-0.05, 0) is 68.0 Å². The second kappa shape index (κ2) is 9.24. The van der Waals surface area contributed by atoms with Gasteiger partial charge in [0.05, 0.1) is 19.4 Å². The third-order valence-corrected chi connectivity index (χ3v) is 4.45. The first kappa shape index (κ1) is 19.0. The molecule has 140 valence electrons. The molecule has 5 heteroatoms. The van der Waals surface area contributed by atoms with Crippen LogP contribution < -0.4 is 10.1 Å². The SMILES string of the molecule is CCOc1ccc(NC(=S)N(Cc2cccc(C)c2)Cc2ccco2)cc1. The highest BCUT2D eigenvalue weighted by atomic mass is 32.1. The minimum Gasteiger partial charge on any atom is -0.494 e. The predicted molar refractivity (Wildman–Crippen MR) is 113 cm³/mol. The summed E-state index contributed by atoms with van der Waals surface area (Å²) in [7, 11) is 0. The molecule has 1 N–H and O–H groups in total. The largest absolute Gasteiger partial charge is 0.494 e. The van der Waals surface area contributed by atoms with Crippen LogP contribution in [-0.4, -0.2) is 16.6 Å². The van der Waals surface area contributed by atoms with Gasteiger partial charge in [0.2, 0.25) is 0 Å². The summed E-state index contributed by atoms with van der Waals surface area (Å²) in [5, 5.41) is 3.97. The first-order chi connectivity index (χ1) is 13.1. The molecule has 4 nitrogen and oxygen atoms in total. The van der Waals surface area contributed by atoms with E-state index in [9.17, 15) is 0 Å². The number of nitrogens with zero attached hydrogens (tertiary/aromatic N) is 1. The number of aryl methyl sites for hydroxylation is 1. The van der Waals surface area contributed by atoms with Crippen molar-refractivity contribution in [3.63, 3.8) is 0 Å². The second-order valence-corrected chi connectivity index (χ2v) is 6.70. The molecule has 0 unspecified atom stereocenters. The zero-order valence-corrected chi connectivity index (χ0v) is 16.5. The van der Waals surface area contributed by atoms with Crippen molar-refractivity contribution >= 4 is 23.0 Å². The molecule has 0 aliphatic rings. The topological polar surface area (TPSA) is 37.6 Å².